The van der Waals surface area contributed by atoms with Crippen molar-refractivity contribution in [1.82, 2.24) is 29.1 Å². The van der Waals surface area contributed by atoms with Crippen molar-refractivity contribution in [1.29, 1.82) is 0 Å². The Labute approximate surface area is 280 Å². The van der Waals surface area contributed by atoms with Crippen LogP contribution >= 0.6 is 11.6 Å². The fourth-order valence-electron chi connectivity index (χ4n) is 6.68. The van der Waals surface area contributed by atoms with Crippen molar-refractivity contribution < 1.29 is 18.7 Å². The highest BCUT2D eigenvalue weighted by atomic mass is 35.5. The first-order valence-corrected chi connectivity index (χ1v) is 15.9. The molecule has 1 unspecified atom stereocenters. The summed E-state index contributed by atoms with van der Waals surface area (Å²) >= 11 is 7.02. The Morgan fingerprint density at radius 1 is 1.06 bits per heavy atom. The van der Waals surface area contributed by atoms with E-state index in [4.69, 9.17) is 21.3 Å². The van der Waals surface area contributed by atoms with E-state index in [1.54, 1.807) is 33.1 Å². The monoisotopic (exact) mass is 675 g/mol. The lowest BCUT2D eigenvalue weighted by Crippen LogP contribution is -2.48. The molecule has 0 radical (unpaired) electrons. The Morgan fingerprint density at radius 2 is 1.77 bits per heavy atom. The summed E-state index contributed by atoms with van der Waals surface area (Å²) in [6.45, 7) is 6.13. The first-order valence-electron chi connectivity index (χ1n) is 15.5. The molecule has 1 aliphatic heterocycles. The number of methoxy groups -OCH3 is 1. The Hall–Kier alpha value is -4.88. The van der Waals surface area contributed by atoms with Crippen LogP contribution in [0.4, 0.5) is 10.1 Å². The van der Waals surface area contributed by atoms with E-state index in [0.29, 0.717) is 41.4 Å². The van der Waals surface area contributed by atoms with Crippen LogP contribution in [0.5, 0.6) is 5.88 Å². The van der Waals surface area contributed by atoms with Crippen LogP contribution in [0.25, 0.3) is 22.4 Å². The Kier molecular flexibility index (Phi) is 8.92. The van der Waals surface area contributed by atoms with Gasteiger partial charge in [-0.2, -0.15) is 5.10 Å². The highest BCUT2D eigenvalue weighted by molar-refractivity contribution is 6.36. The molecule has 2 amide bonds. The number of halogens is 2. The van der Waals surface area contributed by atoms with Crippen LogP contribution < -0.4 is 21.3 Å². The number of anilines is 1. The smallest absolute Gasteiger partial charge is 0.346 e. The Bertz CT molecular complexity index is 2090. The van der Waals surface area contributed by atoms with E-state index in [-0.39, 0.29) is 28.2 Å². The predicted octanol–water partition coefficient (Wildman–Crippen LogP) is 3.72. The summed E-state index contributed by atoms with van der Waals surface area (Å²) in [5.41, 5.74) is 2.45. The van der Waals surface area contributed by atoms with Gasteiger partial charge < -0.3 is 15.0 Å². The molecule has 1 atom stereocenters. The average Bonchev–Trinajstić information content (AvgIpc) is 3.51. The molecule has 0 saturated carbocycles. The van der Waals surface area contributed by atoms with Gasteiger partial charge in [0.05, 0.1) is 17.8 Å². The Balaban J connectivity index is 1.33. The van der Waals surface area contributed by atoms with E-state index < -0.39 is 28.7 Å². The van der Waals surface area contributed by atoms with Crippen LogP contribution in [-0.4, -0.2) is 74.2 Å². The third-order valence-corrected chi connectivity index (χ3v) is 9.67. The fraction of sp³-hybridized carbons (Fsp3) is 0.353. The van der Waals surface area contributed by atoms with Crippen LogP contribution in [0, 0.1) is 12.7 Å². The van der Waals surface area contributed by atoms with Crippen LogP contribution in [-0.2, 0) is 25.3 Å². The second-order valence-electron chi connectivity index (χ2n) is 12.0. The van der Waals surface area contributed by atoms with Crippen molar-refractivity contribution in [2.45, 2.75) is 32.7 Å². The molecule has 250 valence electrons. The second-order valence-corrected chi connectivity index (χ2v) is 12.4. The molecule has 1 saturated heterocycles. The van der Waals surface area contributed by atoms with Gasteiger partial charge in [-0.1, -0.05) is 29.8 Å². The van der Waals surface area contributed by atoms with E-state index in [1.807, 2.05) is 17.0 Å². The molecule has 0 spiro atoms. The second kappa shape index (κ2) is 13.0. The number of hydrogen-bond acceptors (Lipinski definition) is 8. The quantitative estimate of drug-likeness (QED) is 0.327. The van der Waals surface area contributed by atoms with Crippen molar-refractivity contribution in [2.75, 3.05) is 38.6 Å². The van der Waals surface area contributed by atoms with Crippen LogP contribution in [0.3, 0.4) is 0 Å². The molecule has 2 aromatic heterocycles. The van der Waals surface area contributed by atoms with Gasteiger partial charge in [0.25, 0.3) is 11.5 Å². The predicted molar refractivity (Wildman–Crippen MR) is 179 cm³/mol. The maximum atomic E-state index is 15.6. The van der Waals surface area contributed by atoms with Gasteiger partial charge in [0, 0.05) is 81.2 Å². The largest absolute Gasteiger partial charge is 0.481 e. The number of aryl methyl sites for hydroxylation is 2. The standard InChI is InChI=1S/C34H35ClFN7O5/c1-18-24(37-31(45)30-33(46)40(3)34(47)41(4)39-30)11-10-23(36)27(18)22-8-6-7-21(29(22)35)25-17-20-9-12-26(28(20)32(38-25)48-5)43-15-13-42(14-16-43)19(2)44/h6-8,10-11,17,26H,9,12-16H2,1-5H3,(H,37,45). The number of carbonyl (C=O) groups excluding carboxylic acids is 2. The minimum atomic E-state index is -0.856. The average molecular weight is 676 g/mol. The molecule has 4 aromatic rings. The summed E-state index contributed by atoms with van der Waals surface area (Å²) in [7, 11) is 4.17. The third-order valence-electron chi connectivity index (χ3n) is 9.27. The number of pyridine rings is 1. The molecule has 3 heterocycles. The number of nitrogens with zero attached hydrogens (tertiary/aromatic N) is 6. The molecule has 1 aliphatic carbocycles. The molecule has 0 bridgehead atoms. The minimum Gasteiger partial charge on any atom is -0.481 e. The number of amides is 2. The number of benzene rings is 2. The fourth-order valence-corrected chi connectivity index (χ4v) is 7.00. The molecule has 12 nitrogen and oxygen atoms in total. The van der Waals surface area contributed by atoms with E-state index in [9.17, 15) is 19.2 Å². The summed E-state index contributed by atoms with van der Waals surface area (Å²) in [4.78, 5) is 58.7. The van der Waals surface area contributed by atoms with Crippen LogP contribution in [0.1, 0.15) is 46.6 Å². The molecule has 2 aliphatic rings. The SMILES string of the molecule is COc1nc(-c2cccc(-c3c(F)ccc(NC(=O)c4nn(C)c(=O)n(C)c4=O)c3C)c2Cl)cc2c1C(N1CCN(C(C)=O)CC1)CC2. The molecule has 48 heavy (non-hydrogen) atoms. The van der Waals surface area contributed by atoms with Gasteiger partial charge in [-0.15, -0.1) is 0 Å². The van der Waals surface area contributed by atoms with Gasteiger partial charge in [0.1, 0.15) is 5.82 Å². The number of ether oxygens (including phenoxy) is 1. The van der Waals surface area contributed by atoms with E-state index in [1.165, 1.54) is 26.2 Å². The number of nitrogens with one attached hydrogen (secondary N) is 1. The molecule has 1 fully saturated rings. The summed E-state index contributed by atoms with van der Waals surface area (Å²) in [5.74, 6) is -0.819. The van der Waals surface area contributed by atoms with Gasteiger partial charge in [0.15, 0.2) is 0 Å². The summed E-state index contributed by atoms with van der Waals surface area (Å²) in [6, 6.07) is 9.99. The maximum absolute atomic E-state index is 15.6. The van der Waals surface area contributed by atoms with Gasteiger partial charge in [-0.25, -0.2) is 18.9 Å². The lowest BCUT2D eigenvalue weighted by molar-refractivity contribution is -0.130. The zero-order valence-electron chi connectivity index (χ0n) is 27.3. The third kappa shape index (κ3) is 5.77. The molecule has 14 heteroatoms. The van der Waals surface area contributed by atoms with Crippen molar-refractivity contribution in [3.8, 4) is 28.3 Å². The maximum Gasteiger partial charge on any atom is 0.346 e. The van der Waals surface area contributed by atoms with Gasteiger partial charge >= 0.3 is 5.69 Å². The molecular formula is C34H35ClFN7O5. The normalized spacial score (nSPS) is 16.1. The molecule has 6 rings (SSSR count). The molecule has 1 N–H and O–H groups in total. The Morgan fingerprint density at radius 3 is 2.46 bits per heavy atom. The minimum absolute atomic E-state index is 0.0849. The first kappa shape index (κ1) is 33.0. The number of piperazine rings is 1. The van der Waals surface area contributed by atoms with Crippen molar-refractivity contribution in [2.24, 2.45) is 14.1 Å². The highest BCUT2D eigenvalue weighted by Gasteiger charge is 2.35. The van der Waals surface area contributed by atoms with E-state index >= 15 is 4.39 Å². The van der Waals surface area contributed by atoms with E-state index in [0.717, 1.165) is 46.3 Å². The summed E-state index contributed by atoms with van der Waals surface area (Å²) in [6.07, 6.45) is 1.72. The summed E-state index contributed by atoms with van der Waals surface area (Å²) < 4.78 is 23.1. The zero-order chi connectivity index (χ0) is 34.4. The number of aromatic nitrogens is 4. The lowest BCUT2D eigenvalue weighted by atomic mass is 9.95. The number of hydrogen-bond donors (Lipinski definition) is 1. The number of fused-ring (bicyclic) bond motifs is 1. The first-order chi connectivity index (χ1) is 22.9. The highest BCUT2D eigenvalue weighted by Crippen LogP contribution is 2.45. The van der Waals surface area contributed by atoms with Crippen molar-refractivity contribution in [3.05, 3.63) is 90.5 Å². The van der Waals surface area contributed by atoms with E-state index in [2.05, 4.69) is 15.3 Å². The van der Waals surface area contributed by atoms with Crippen molar-refractivity contribution >= 4 is 29.1 Å². The van der Waals surface area contributed by atoms with Crippen LogP contribution in [0.15, 0.2) is 46.0 Å². The number of rotatable bonds is 6. The topological polar surface area (TPSA) is 132 Å². The molecular weight excluding hydrogens is 641 g/mol. The zero-order valence-corrected chi connectivity index (χ0v) is 28.0. The molecule has 2 aromatic carbocycles. The van der Waals surface area contributed by atoms with Gasteiger partial charge in [0.2, 0.25) is 17.5 Å². The van der Waals surface area contributed by atoms with Crippen molar-refractivity contribution in [3.63, 3.8) is 0 Å². The summed E-state index contributed by atoms with van der Waals surface area (Å²) in [5, 5.41) is 6.72. The van der Waals surface area contributed by atoms with Crippen LogP contribution in [0.2, 0.25) is 5.02 Å². The van der Waals surface area contributed by atoms with Gasteiger partial charge in [-0.05, 0) is 49.1 Å². The lowest BCUT2D eigenvalue weighted by Gasteiger charge is -2.38. The van der Waals surface area contributed by atoms with Gasteiger partial charge in [-0.3, -0.25) is 23.9 Å². The number of carbonyl (C=O) groups is 2.